The van der Waals surface area contributed by atoms with Gasteiger partial charge in [0.25, 0.3) is 10.2 Å². The standard InChI is InChI=1S/C12H27N3O2S2/c1-4-18-10-11(2)14-19(16,17)15-7-5-6-12(9-15)8-13-3/h11-14H,4-10H2,1-3H3. The van der Waals surface area contributed by atoms with Gasteiger partial charge in [-0.05, 0) is 45.0 Å². The molecule has 0 aromatic carbocycles. The lowest BCUT2D eigenvalue weighted by molar-refractivity contribution is 0.260. The molecule has 1 heterocycles. The van der Waals surface area contributed by atoms with Crippen LogP contribution in [0.4, 0.5) is 0 Å². The van der Waals surface area contributed by atoms with Crippen LogP contribution < -0.4 is 10.0 Å². The van der Waals surface area contributed by atoms with Crippen LogP contribution in [-0.4, -0.2) is 57.0 Å². The van der Waals surface area contributed by atoms with Crippen molar-refractivity contribution in [2.24, 2.45) is 5.92 Å². The Balaban J connectivity index is 2.51. The van der Waals surface area contributed by atoms with E-state index >= 15 is 0 Å². The average Bonchev–Trinajstić information content (AvgIpc) is 2.36. The summed E-state index contributed by atoms with van der Waals surface area (Å²) in [5.74, 6) is 2.26. The monoisotopic (exact) mass is 309 g/mol. The van der Waals surface area contributed by atoms with Crippen molar-refractivity contribution in [1.82, 2.24) is 14.3 Å². The SMILES string of the molecule is CCSCC(C)NS(=O)(=O)N1CCCC(CNC)C1. The highest BCUT2D eigenvalue weighted by Gasteiger charge is 2.29. The second-order valence-electron chi connectivity index (χ2n) is 5.11. The quantitative estimate of drug-likeness (QED) is 0.699. The van der Waals surface area contributed by atoms with E-state index in [-0.39, 0.29) is 6.04 Å². The van der Waals surface area contributed by atoms with Crippen LogP contribution in [0.1, 0.15) is 26.7 Å². The van der Waals surface area contributed by atoms with Gasteiger partial charge in [0.05, 0.1) is 0 Å². The smallest absolute Gasteiger partial charge is 0.279 e. The fourth-order valence-corrected chi connectivity index (χ4v) is 4.65. The van der Waals surface area contributed by atoms with Gasteiger partial charge in [-0.1, -0.05) is 6.92 Å². The van der Waals surface area contributed by atoms with Gasteiger partial charge in [0.15, 0.2) is 0 Å². The summed E-state index contributed by atoms with van der Waals surface area (Å²) < 4.78 is 29.0. The molecule has 2 N–H and O–H groups in total. The largest absolute Gasteiger partial charge is 0.319 e. The van der Waals surface area contributed by atoms with E-state index in [2.05, 4.69) is 17.0 Å². The molecule has 0 amide bonds. The number of hydrogen-bond acceptors (Lipinski definition) is 4. The average molecular weight is 310 g/mol. The van der Waals surface area contributed by atoms with Crippen molar-refractivity contribution in [1.29, 1.82) is 0 Å². The molecule has 114 valence electrons. The summed E-state index contributed by atoms with van der Waals surface area (Å²) in [6, 6.07) is -0.0142. The van der Waals surface area contributed by atoms with Gasteiger partial charge in [-0.25, -0.2) is 0 Å². The Morgan fingerprint density at radius 1 is 1.47 bits per heavy atom. The molecule has 1 aliphatic heterocycles. The zero-order valence-corrected chi connectivity index (χ0v) is 13.8. The number of rotatable bonds is 8. The van der Waals surface area contributed by atoms with E-state index in [1.54, 1.807) is 16.1 Å². The van der Waals surface area contributed by atoms with Gasteiger partial charge in [0.1, 0.15) is 0 Å². The maximum absolute atomic E-state index is 12.3. The molecule has 1 fully saturated rings. The molecule has 0 bridgehead atoms. The number of nitrogens with one attached hydrogen (secondary N) is 2. The highest BCUT2D eigenvalue weighted by atomic mass is 32.2. The molecular formula is C12H27N3O2S2. The normalized spacial score (nSPS) is 23.4. The van der Waals surface area contributed by atoms with E-state index < -0.39 is 10.2 Å². The minimum Gasteiger partial charge on any atom is -0.319 e. The Morgan fingerprint density at radius 3 is 2.84 bits per heavy atom. The van der Waals surface area contributed by atoms with Crippen LogP contribution >= 0.6 is 11.8 Å². The number of hydrogen-bond donors (Lipinski definition) is 2. The summed E-state index contributed by atoms with van der Waals surface area (Å²) in [4.78, 5) is 0. The molecule has 2 unspecified atom stereocenters. The van der Waals surface area contributed by atoms with Crippen molar-refractivity contribution in [2.75, 3.05) is 38.2 Å². The fourth-order valence-electron chi connectivity index (χ4n) is 2.36. The third-order valence-corrected chi connectivity index (χ3v) is 6.09. The summed E-state index contributed by atoms with van der Waals surface area (Å²) in [6.07, 6.45) is 2.06. The van der Waals surface area contributed by atoms with Crippen LogP contribution in [0.3, 0.4) is 0 Å². The lowest BCUT2D eigenvalue weighted by Gasteiger charge is -2.32. The summed E-state index contributed by atoms with van der Waals surface area (Å²) in [6.45, 7) is 6.16. The molecule has 0 aromatic heterocycles. The Kier molecular flexibility index (Phi) is 7.68. The van der Waals surface area contributed by atoms with Crippen LogP contribution in [0.5, 0.6) is 0 Å². The van der Waals surface area contributed by atoms with Gasteiger partial charge in [-0.2, -0.15) is 29.2 Å². The lowest BCUT2D eigenvalue weighted by Crippen LogP contribution is -2.50. The molecular weight excluding hydrogens is 282 g/mol. The first-order valence-electron chi connectivity index (χ1n) is 6.99. The first-order chi connectivity index (χ1) is 8.99. The Bertz CT molecular complexity index is 347. The first kappa shape index (κ1) is 17.2. The van der Waals surface area contributed by atoms with Gasteiger partial charge in [-0.3, -0.25) is 0 Å². The summed E-state index contributed by atoms with van der Waals surface area (Å²) in [5.41, 5.74) is 0. The Hall–Kier alpha value is 0.180. The van der Waals surface area contributed by atoms with Gasteiger partial charge >= 0.3 is 0 Å². The summed E-state index contributed by atoms with van der Waals surface area (Å²) in [7, 11) is -1.41. The van der Waals surface area contributed by atoms with Crippen LogP contribution in [0.25, 0.3) is 0 Å². The molecule has 2 atom stereocenters. The second-order valence-corrected chi connectivity index (χ2v) is 8.13. The number of piperidine rings is 1. The van der Waals surface area contributed by atoms with E-state index in [9.17, 15) is 8.42 Å². The van der Waals surface area contributed by atoms with E-state index in [1.165, 1.54) is 0 Å². The Morgan fingerprint density at radius 2 is 2.21 bits per heavy atom. The molecule has 5 nitrogen and oxygen atoms in total. The van der Waals surface area contributed by atoms with Crippen LogP contribution in [0.2, 0.25) is 0 Å². The zero-order chi connectivity index (χ0) is 14.3. The fraction of sp³-hybridized carbons (Fsp3) is 1.00. The predicted molar refractivity (Wildman–Crippen MR) is 82.7 cm³/mol. The van der Waals surface area contributed by atoms with Crippen molar-refractivity contribution >= 4 is 22.0 Å². The molecule has 7 heteroatoms. The zero-order valence-electron chi connectivity index (χ0n) is 12.2. The minimum absolute atomic E-state index is 0.0142. The van der Waals surface area contributed by atoms with Crippen LogP contribution in [-0.2, 0) is 10.2 Å². The van der Waals surface area contributed by atoms with Crippen molar-refractivity contribution < 1.29 is 8.42 Å². The van der Waals surface area contributed by atoms with Crippen molar-refractivity contribution in [3.63, 3.8) is 0 Å². The van der Waals surface area contributed by atoms with Gasteiger partial charge in [-0.15, -0.1) is 0 Å². The molecule has 0 aromatic rings. The summed E-state index contributed by atoms with van der Waals surface area (Å²) in [5, 5.41) is 3.13. The van der Waals surface area contributed by atoms with Crippen LogP contribution in [0, 0.1) is 5.92 Å². The van der Waals surface area contributed by atoms with Crippen molar-refractivity contribution in [2.45, 2.75) is 32.7 Å². The van der Waals surface area contributed by atoms with E-state index in [0.717, 1.165) is 30.9 Å². The van der Waals surface area contributed by atoms with Gasteiger partial charge < -0.3 is 5.32 Å². The molecule has 0 spiro atoms. The van der Waals surface area contributed by atoms with Crippen molar-refractivity contribution in [3.8, 4) is 0 Å². The molecule has 19 heavy (non-hydrogen) atoms. The van der Waals surface area contributed by atoms with E-state index in [4.69, 9.17) is 0 Å². The summed E-state index contributed by atoms with van der Waals surface area (Å²) >= 11 is 1.76. The van der Waals surface area contributed by atoms with Crippen LogP contribution in [0.15, 0.2) is 0 Å². The molecule has 0 radical (unpaired) electrons. The topological polar surface area (TPSA) is 61.4 Å². The first-order valence-corrected chi connectivity index (χ1v) is 9.58. The third kappa shape index (κ3) is 5.99. The predicted octanol–water partition coefficient (Wildman–Crippen LogP) is 0.894. The number of thioether (sulfide) groups is 1. The Labute approximate surface area is 122 Å². The molecule has 0 saturated carbocycles. The van der Waals surface area contributed by atoms with E-state index in [0.29, 0.717) is 19.0 Å². The highest BCUT2D eigenvalue weighted by Crippen LogP contribution is 2.18. The highest BCUT2D eigenvalue weighted by molar-refractivity contribution is 7.99. The molecule has 0 aliphatic carbocycles. The van der Waals surface area contributed by atoms with Gasteiger partial charge in [0, 0.05) is 24.9 Å². The van der Waals surface area contributed by atoms with Crippen molar-refractivity contribution in [3.05, 3.63) is 0 Å². The van der Waals surface area contributed by atoms with E-state index in [1.807, 2.05) is 14.0 Å². The van der Waals surface area contributed by atoms with Gasteiger partial charge in [0.2, 0.25) is 0 Å². The minimum atomic E-state index is -3.32. The second kappa shape index (κ2) is 8.46. The maximum atomic E-state index is 12.3. The molecule has 1 saturated heterocycles. The maximum Gasteiger partial charge on any atom is 0.279 e. The number of nitrogens with zero attached hydrogens (tertiary/aromatic N) is 1. The molecule has 1 rings (SSSR count). The third-order valence-electron chi connectivity index (χ3n) is 3.24. The lowest BCUT2D eigenvalue weighted by atomic mass is 10.00. The molecule has 1 aliphatic rings.